The molecule has 0 radical (unpaired) electrons. The van der Waals surface area contributed by atoms with Crippen LogP contribution in [0.5, 0.6) is 11.5 Å². The van der Waals surface area contributed by atoms with E-state index in [1.807, 2.05) is 89.8 Å². The fraction of sp³-hybridized carbons (Fsp3) is 0.290. The van der Waals surface area contributed by atoms with Crippen LogP contribution in [-0.2, 0) is 4.79 Å². The number of likely N-dealkylation sites (tertiary alicyclic amines) is 1. The molecule has 0 N–H and O–H groups in total. The van der Waals surface area contributed by atoms with Crippen molar-refractivity contribution < 1.29 is 14.3 Å². The molecular weight excluding hydrogens is 448 g/mol. The first kappa shape index (κ1) is 25.1. The monoisotopic (exact) mass is 480 g/mol. The standard InChI is InChI=1S/C31H32N2O3/c1-2-8-27-21-28(33(31(27)34)19-6-7-20-35-29-9-4-3-5-10-29)23-36-30-17-15-26(16-18-30)25-13-11-24(22-32)12-14-25/h2-5,9-18,27-28H,1,6-8,19-21,23H2/t27-,28+/m1/s1. The zero-order valence-corrected chi connectivity index (χ0v) is 20.5. The molecule has 1 aliphatic heterocycles. The summed E-state index contributed by atoms with van der Waals surface area (Å²) in [6.45, 7) is 5.63. The van der Waals surface area contributed by atoms with Crippen molar-refractivity contribution in [1.82, 2.24) is 4.90 Å². The molecular formula is C31H32N2O3. The second-order valence-corrected chi connectivity index (χ2v) is 9.04. The zero-order valence-electron chi connectivity index (χ0n) is 20.5. The maximum atomic E-state index is 13.0. The lowest BCUT2D eigenvalue weighted by molar-refractivity contribution is -0.132. The molecule has 1 saturated heterocycles. The summed E-state index contributed by atoms with van der Waals surface area (Å²) in [5, 5.41) is 8.98. The third kappa shape index (κ3) is 6.55. The number of hydrogen-bond donors (Lipinski definition) is 0. The van der Waals surface area contributed by atoms with E-state index in [1.54, 1.807) is 0 Å². The topological polar surface area (TPSA) is 62.6 Å². The number of carbonyl (C=O) groups excluding carboxylic acids is 1. The molecule has 2 atom stereocenters. The summed E-state index contributed by atoms with van der Waals surface area (Å²) < 4.78 is 11.9. The number of ether oxygens (including phenoxy) is 2. The molecule has 3 aromatic rings. The lowest BCUT2D eigenvalue weighted by Crippen LogP contribution is -2.38. The van der Waals surface area contributed by atoms with E-state index in [4.69, 9.17) is 14.7 Å². The van der Waals surface area contributed by atoms with Crippen LogP contribution in [0.15, 0.2) is 91.5 Å². The lowest BCUT2D eigenvalue weighted by Gasteiger charge is -2.25. The van der Waals surface area contributed by atoms with Gasteiger partial charge in [0.05, 0.1) is 24.3 Å². The number of nitriles is 1. The first-order valence-electron chi connectivity index (χ1n) is 12.5. The highest BCUT2D eigenvalue weighted by atomic mass is 16.5. The lowest BCUT2D eigenvalue weighted by atomic mass is 10.0. The predicted molar refractivity (Wildman–Crippen MR) is 142 cm³/mol. The van der Waals surface area contributed by atoms with Crippen molar-refractivity contribution in [3.63, 3.8) is 0 Å². The van der Waals surface area contributed by atoms with Gasteiger partial charge in [-0.05, 0) is 73.2 Å². The highest BCUT2D eigenvalue weighted by Crippen LogP contribution is 2.29. The Kier molecular flexibility index (Phi) is 8.77. The Balaban J connectivity index is 1.30. The van der Waals surface area contributed by atoms with Gasteiger partial charge in [0.2, 0.25) is 5.91 Å². The molecule has 3 aromatic carbocycles. The van der Waals surface area contributed by atoms with E-state index in [-0.39, 0.29) is 17.9 Å². The zero-order chi connectivity index (χ0) is 25.2. The summed E-state index contributed by atoms with van der Waals surface area (Å²) in [5.41, 5.74) is 2.76. The van der Waals surface area contributed by atoms with Crippen LogP contribution in [-0.4, -0.2) is 36.6 Å². The highest BCUT2D eigenvalue weighted by molar-refractivity contribution is 5.81. The fourth-order valence-electron chi connectivity index (χ4n) is 4.58. The average molecular weight is 481 g/mol. The van der Waals surface area contributed by atoms with Crippen molar-refractivity contribution in [2.24, 2.45) is 5.92 Å². The van der Waals surface area contributed by atoms with Crippen molar-refractivity contribution in [3.05, 3.63) is 97.1 Å². The van der Waals surface area contributed by atoms with Crippen LogP contribution in [0, 0.1) is 17.2 Å². The molecule has 5 heteroatoms. The van der Waals surface area contributed by atoms with E-state index < -0.39 is 0 Å². The molecule has 4 rings (SSSR count). The van der Waals surface area contributed by atoms with Gasteiger partial charge in [-0.2, -0.15) is 5.26 Å². The van der Waals surface area contributed by atoms with Crippen LogP contribution in [0.3, 0.4) is 0 Å². The summed E-state index contributed by atoms with van der Waals surface area (Å²) in [6, 6.07) is 27.5. The smallest absolute Gasteiger partial charge is 0.226 e. The van der Waals surface area contributed by atoms with E-state index in [0.717, 1.165) is 41.9 Å². The van der Waals surface area contributed by atoms with Crippen LogP contribution in [0.25, 0.3) is 11.1 Å². The van der Waals surface area contributed by atoms with Gasteiger partial charge in [0, 0.05) is 12.5 Å². The Morgan fingerprint density at radius 2 is 1.58 bits per heavy atom. The summed E-state index contributed by atoms with van der Waals surface area (Å²) in [6.07, 6.45) is 5.08. The fourth-order valence-corrected chi connectivity index (χ4v) is 4.58. The van der Waals surface area contributed by atoms with Crippen LogP contribution in [0.2, 0.25) is 0 Å². The van der Waals surface area contributed by atoms with Crippen LogP contribution in [0.1, 0.15) is 31.2 Å². The minimum Gasteiger partial charge on any atom is -0.494 e. The summed E-state index contributed by atoms with van der Waals surface area (Å²) in [4.78, 5) is 15.0. The number of nitrogens with zero attached hydrogens (tertiary/aromatic N) is 2. The van der Waals surface area contributed by atoms with E-state index >= 15 is 0 Å². The van der Waals surface area contributed by atoms with E-state index in [2.05, 4.69) is 12.6 Å². The average Bonchev–Trinajstić information content (AvgIpc) is 3.22. The number of hydrogen-bond acceptors (Lipinski definition) is 4. The van der Waals surface area contributed by atoms with Gasteiger partial charge in [-0.1, -0.05) is 48.5 Å². The Hall–Kier alpha value is -4.04. The molecule has 0 unspecified atom stereocenters. The number of rotatable bonds is 12. The SMILES string of the molecule is C=CC[C@@H]1C[C@@H](COc2ccc(-c3ccc(C#N)cc3)cc2)N(CCCCOc2ccccc2)C1=O. The molecule has 0 spiro atoms. The van der Waals surface area contributed by atoms with Crippen molar-refractivity contribution in [1.29, 1.82) is 5.26 Å². The number of carbonyl (C=O) groups is 1. The Morgan fingerprint density at radius 1 is 0.917 bits per heavy atom. The van der Waals surface area contributed by atoms with Gasteiger partial charge < -0.3 is 14.4 Å². The minimum absolute atomic E-state index is 0.0181. The Bertz CT molecular complexity index is 1170. The van der Waals surface area contributed by atoms with Crippen molar-refractivity contribution in [2.45, 2.75) is 31.7 Å². The summed E-state index contributed by atoms with van der Waals surface area (Å²) in [7, 11) is 0. The van der Waals surface area contributed by atoms with E-state index in [9.17, 15) is 4.79 Å². The van der Waals surface area contributed by atoms with Gasteiger partial charge >= 0.3 is 0 Å². The van der Waals surface area contributed by atoms with Gasteiger partial charge in [-0.25, -0.2) is 0 Å². The second kappa shape index (κ2) is 12.6. The minimum atomic E-state index is -0.0181. The maximum Gasteiger partial charge on any atom is 0.226 e. The number of benzene rings is 3. The van der Waals surface area contributed by atoms with Crippen molar-refractivity contribution >= 4 is 5.91 Å². The molecule has 0 bridgehead atoms. The number of para-hydroxylation sites is 1. The van der Waals surface area contributed by atoms with Crippen molar-refractivity contribution in [3.8, 4) is 28.7 Å². The largest absolute Gasteiger partial charge is 0.494 e. The molecule has 5 nitrogen and oxygen atoms in total. The molecule has 1 fully saturated rings. The van der Waals surface area contributed by atoms with Gasteiger partial charge in [0.15, 0.2) is 0 Å². The van der Waals surface area contributed by atoms with Crippen LogP contribution in [0.4, 0.5) is 0 Å². The quantitative estimate of drug-likeness (QED) is 0.227. The van der Waals surface area contributed by atoms with Crippen molar-refractivity contribution in [2.75, 3.05) is 19.8 Å². The van der Waals surface area contributed by atoms with E-state index in [1.165, 1.54) is 0 Å². The number of amides is 1. The van der Waals surface area contributed by atoms with Gasteiger partial charge in [-0.15, -0.1) is 6.58 Å². The first-order chi connectivity index (χ1) is 17.7. The predicted octanol–water partition coefficient (Wildman–Crippen LogP) is 6.26. The number of unbranched alkanes of at least 4 members (excludes halogenated alkanes) is 1. The third-order valence-corrected chi connectivity index (χ3v) is 6.53. The summed E-state index contributed by atoms with van der Waals surface area (Å²) >= 11 is 0. The normalized spacial score (nSPS) is 17.0. The molecule has 1 amide bonds. The molecule has 1 heterocycles. The number of allylic oxidation sites excluding steroid dienone is 1. The molecule has 1 aliphatic rings. The maximum absolute atomic E-state index is 13.0. The Labute approximate surface area is 213 Å². The highest BCUT2D eigenvalue weighted by Gasteiger charge is 2.38. The second-order valence-electron chi connectivity index (χ2n) is 9.04. The van der Waals surface area contributed by atoms with Crippen LogP contribution >= 0.6 is 0 Å². The molecule has 0 saturated carbocycles. The Morgan fingerprint density at radius 3 is 2.25 bits per heavy atom. The van der Waals surface area contributed by atoms with Crippen LogP contribution < -0.4 is 9.47 Å². The van der Waals surface area contributed by atoms with Gasteiger partial charge in [-0.3, -0.25) is 4.79 Å². The third-order valence-electron chi connectivity index (χ3n) is 6.53. The molecule has 184 valence electrons. The first-order valence-corrected chi connectivity index (χ1v) is 12.5. The van der Waals surface area contributed by atoms with E-state index in [0.29, 0.717) is 31.7 Å². The summed E-state index contributed by atoms with van der Waals surface area (Å²) in [5.74, 6) is 1.83. The molecule has 36 heavy (non-hydrogen) atoms. The molecule has 0 aromatic heterocycles. The van der Waals surface area contributed by atoms with Gasteiger partial charge in [0.25, 0.3) is 0 Å². The van der Waals surface area contributed by atoms with Gasteiger partial charge in [0.1, 0.15) is 18.1 Å². The molecule has 0 aliphatic carbocycles.